The van der Waals surface area contributed by atoms with Gasteiger partial charge >= 0.3 is 5.97 Å². The molecule has 1 aliphatic rings. The summed E-state index contributed by atoms with van der Waals surface area (Å²) < 4.78 is 10.1. The Hall–Kier alpha value is -2.93. The number of hydrogen-bond acceptors (Lipinski definition) is 6. The van der Waals surface area contributed by atoms with Crippen molar-refractivity contribution in [1.29, 1.82) is 0 Å². The van der Waals surface area contributed by atoms with E-state index in [0.29, 0.717) is 22.0 Å². The van der Waals surface area contributed by atoms with Crippen LogP contribution in [0, 0.1) is 0 Å². The van der Waals surface area contributed by atoms with E-state index < -0.39 is 17.8 Å². The second-order valence-electron chi connectivity index (χ2n) is 4.71. The molecule has 118 valence electrons. The number of ether oxygens (including phenoxy) is 1. The summed E-state index contributed by atoms with van der Waals surface area (Å²) in [6.45, 7) is 1.76. The van der Waals surface area contributed by atoms with Gasteiger partial charge in [0.1, 0.15) is 12.4 Å². The largest absolute Gasteiger partial charge is 0.460 e. The summed E-state index contributed by atoms with van der Waals surface area (Å²) >= 11 is 0. The molecule has 7 nitrogen and oxygen atoms in total. The van der Waals surface area contributed by atoms with E-state index in [1.165, 1.54) is 12.1 Å². The second kappa shape index (κ2) is 6.05. The van der Waals surface area contributed by atoms with Gasteiger partial charge < -0.3 is 9.15 Å². The number of benzene rings is 1. The van der Waals surface area contributed by atoms with Gasteiger partial charge in [0.05, 0.1) is 17.7 Å². The summed E-state index contributed by atoms with van der Waals surface area (Å²) in [5, 5.41) is 0.692. The normalized spacial score (nSPS) is 13.3. The van der Waals surface area contributed by atoms with Gasteiger partial charge in [0, 0.05) is 0 Å². The standard InChI is InChI=1S/C16H13NO6/c1-2-21-16(20)13-8-7-10(23-13)9-22-17-14(18)11-5-3-4-6-12(11)15(17)19/h3-8H,2,9H2,1H3. The van der Waals surface area contributed by atoms with E-state index in [-0.39, 0.29) is 19.0 Å². The molecule has 0 radical (unpaired) electrons. The Bertz CT molecular complexity index is 743. The van der Waals surface area contributed by atoms with E-state index in [4.69, 9.17) is 14.0 Å². The van der Waals surface area contributed by atoms with Crippen LogP contribution in [0.2, 0.25) is 0 Å². The van der Waals surface area contributed by atoms with Crippen LogP contribution in [0.15, 0.2) is 40.8 Å². The maximum absolute atomic E-state index is 12.1. The van der Waals surface area contributed by atoms with Crippen LogP contribution in [-0.2, 0) is 16.2 Å². The lowest BCUT2D eigenvalue weighted by molar-refractivity contribution is -0.105. The van der Waals surface area contributed by atoms with E-state index >= 15 is 0 Å². The van der Waals surface area contributed by atoms with Gasteiger partial charge in [0.2, 0.25) is 5.76 Å². The number of amides is 2. The van der Waals surface area contributed by atoms with Crippen molar-refractivity contribution in [2.45, 2.75) is 13.5 Å². The first-order chi connectivity index (χ1) is 11.1. The molecule has 1 aromatic carbocycles. The lowest BCUT2D eigenvalue weighted by atomic mass is 10.1. The van der Waals surface area contributed by atoms with Gasteiger partial charge in [-0.3, -0.25) is 14.4 Å². The first-order valence-corrected chi connectivity index (χ1v) is 6.98. The number of imide groups is 1. The van der Waals surface area contributed by atoms with Crippen LogP contribution in [0.3, 0.4) is 0 Å². The molecule has 0 bridgehead atoms. The molecule has 0 saturated carbocycles. The Morgan fingerprint density at radius 1 is 1.09 bits per heavy atom. The maximum Gasteiger partial charge on any atom is 0.374 e. The van der Waals surface area contributed by atoms with E-state index in [1.807, 2.05) is 0 Å². The van der Waals surface area contributed by atoms with Crippen LogP contribution in [0.1, 0.15) is 44.0 Å². The third-order valence-corrected chi connectivity index (χ3v) is 3.23. The fourth-order valence-electron chi connectivity index (χ4n) is 2.18. The third-order valence-electron chi connectivity index (χ3n) is 3.23. The minimum absolute atomic E-state index is 0.0350. The van der Waals surface area contributed by atoms with E-state index in [9.17, 15) is 14.4 Å². The van der Waals surface area contributed by atoms with Gasteiger partial charge in [0.25, 0.3) is 11.8 Å². The fraction of sp³-hybridized carbons (Fsp3) is 0.188. The van der Waals surface area contributed by atoms with Crippen molar-refractivity contribution < 1.29 is 28.4 Å². The molecule has 2 amide bonds. The number of nitrogens with zero attached hydrogens (tertiary/aromatic N) is 1. The van der Waals surface area contributed by atoms with Crippen LogP contribution in [0.4, 0.5) is 0 Å². The number of fused-ring (bicyclic) bond motifs is 1. The van der Waals surface area contributed by atoms with Crippen molar-refractivity contribution in [3.8, 4) is 0 Å². The zero-order valence-corrected chi connectivity index (χ0v) is 12.3. The van der Waals surface area contributed by atoms with Crippen molar-refractivity contribution >= 4 is 17.8 Å². The third kappa shape index (κ3) is 2.74. The number of carbonyl (C=O) groups excluding carboxylic acids is 3. The van der Waals surface area contributed by atoms with Gasteiger partial charge in [-0.05, 0) is 31.2 Å². The molecule has 0 fully saturated rings. The van der Waals surface area contributed by atoms with Crippen LogP contribution in [-0.4, -0.2) is 29.5 Å². The minimum Gasteiger partial charge on any atom is -0.460 e. The van der Waals surface area contributed by atoms with Crippen LogP contribution >= 0.6 is 0 Å². The zero-order chi connectivity index (χ0) is 16.4. The SMILES string of the molecule is CCOC(=O)c1ccc(CON2C(=O)c3ccccc3C2=O)o1. The highest BCUT2D eigenvalue weighted by Crippen LogP contribution is 2.23. The molecular weight excluding hydrogens is 302 g/mol. The summed E-state index contributed by atoms with van der Waals surface area (Å²) in [6, 6.07) is 9.43. The van der Waals surface area contributed by atoms with Crippen molar-refractivity contribution in [3.63, 3.8) is 0 Å². The van der Waals surface area contributed by atoms with Gasteiger partial charge in [0.15, 0.2) is 0 Å². The molecule has 0 spiro atoms. The van der Waals surface area contributed by atoms with Crippen molar-refractivity contribution in [1.82, 2.24) is 5.06 Å². The predicted octanol–water partition coefficient (Wildman–Crippen LogP) is 2.18. The monoisotopic (exact) mass is 315 g/mol. The molecule has 7 heteroatoms. The molecule has 23 heavy (non-hydrogen) atoms. The molecule has 1 aliphatic heterocycles. The Morgan fingerprint density at radius 2 is 1.74 bits per heavy atom. The maximum atomic E-state index is 12.1. The number of esters is 1. The summed E-state index contributed by atoms with van der Waals surface area (Å²) in [7, 11) is 0. The summed E-state index contributed by atoms with van der Waals surface area (Å²) in [5.41, 5.74) is 0.591. The first kappa shape index (κ1) is 15.0. The Kier molecular flexibility index (Phi) is 3.94. The van der Waals surface area contributed by atoms with Crippen molar-refractivity contribution in [2.75, 3.05) is 6.61 Å². The molecule has 3 rings (SSSR count). The summed E-state index contributed by atoms with van der Waals surface area (Å²) in [4.78, 5) is 40.9. The highest BCUT2D eigenvalue weighted by atomic mass is 16.7. The van der Waals surface area contributed by atoms with Crippen LogP contribution in [0.5, 0.6) is 0 Å². The van der Waals surface area contributed by atoms with Crippen molar-refractivity contribution in [3.05, 3.63) is 59.0 Å². The molecular formula is C16H13NO6. The van der Waals surface area contributed by atoms with Gasteiger partial charge in [-0.2, -0.15) is 0 Å². The zero-order valence-electron chi connectivity index (χ0n) is 12.3. The molecule has 0 unspecified atom stereocenters. The molecule has 0 aliphatic carbocycles. The van der Waals surface area contributed by atoms with Gasteiger partial charge in [-0.15, -0.1) is 5.06 Å². The lowest BCUT2D eigenvalue weighted by Gasteiger charge is -2.11. The first-order valence-electron chi connectivity index (χ1n) is 6.98. The molecule has 0 saturated heterocycles. The fourth-order valence-corrected chi connectivity index (χ4v) is 2.18. The molecule has 0 N–H and O–H groups in total. The molecule has 0 atom stereocenters. The Balaban J connectivity index is 1.67. The highest BCUT2D eigenvalue weighted by molar-refractivity contribution is 6.20. The summed E-state index contributed by atoms with van der Waals surface area (Å²) in [5.74, 6) is -1.30. The van der Waals surface area contributed by atoms with Gasteiger partial charge in [-0.1, -0.05) is 12.1 Å². The summed E-state index contributed by atoms with van der Waals surface area (Å²) in [6.07, 6.45) is 0. The Labute approximate surface area is 131 Å². The second-order valence-corrected chi connectivity index (χ2v) is 4.71. The average Bonchev–Trinajstić information content (AvgIpc) is 3.12. The lowest BCUT2D eigenvalue weighted by Crippen LogP contribution is -2.29. The number of furan rings is 1. The van der Waals surface area contributed by atoms with Crippen LogP contribution in [0.25, 0.3) is 0 Å². The quantitative estimate of drug-likeness (QED) is 0.621. The van der Waals surface area contributed by atoms with E-state index in [1.54, 1.807) is 31.2 Å². The number of hydrogen-bond donors (Lipinski definition) is 0. The number of rotatable bonds is 5. The van der Waals surface area contributed by atoms with Crippen molar-refractivity contribution in [2.24, 2.45) is 0 Å². The average molecular weight is 315 g/mol. The minimum atomic E-state index is -0.584. The molecule has 2 heterocycles. The van der Waals surface area contributed by atoms with E-state index in [2.05, 4.69) is 0 Å². The Morgan fingerprint density at radius 3 is 2.35 bits per heavy atom. The topological polar surface area (TPSA) is 86.0 Å². The number of hydroxylamine groups is 2. The molecule has 2 aromatic rings. The highest BCUT2D eigenvalue weighted by Gasteiger charge is 2.36. The molecule has 1 aromatic heterocycles. The smallest absolute Gasteiger partial charge is 0.374 e. The van der Waals surface area contributed by atoms with Gasteiger partial charge in [-0.25, -0.2) is 4.79 Å². The number of carbonyl (C=O) groups is 3. The van der Waals surface area contributed by atoms with E-state index in [0.717, 1.165) is 0 Å². The predicted molar refractivity (Wildman–Crippen MR) is 76.4 cm³/mol. The van der Waals surface area contributed by atoms with Crippen LogP contribution < -0.4 is 0 Å².